The minimum Gasteiger partial charge on any atom is -0.457 e. The molecule has 1 saturated heterocycles. The highest BCUT2D eigenvalue weighted by molar-refractivity contribution is 7.80. The van der Waals surface area contributed by atoms with E-state index in [9.17, 15) is 33.1 Å². The summed E-state index contributed by atoms with van der Waals surface area (Å²) in [6, 6.07) is 0. The molecule has 0 radical (unpaired) electrons. The third-order valence-corrected chi connectivity index (χ3v) is 12.7. The van der Waals surface area contributed by atoms with Crippen LogP contribution in [-0.2, 0) is 38.3 Å². The summed E-state index contributed by atoms with van der Waals surface area (Å²) in [5, 5.41) is 30.8. The Hall–Kier alpha value is -1.68. The fourth-order valence-corrected chi connectivity index (χ4v) is 8.68. The molecular weight excluding hydrogens is 861 g/mol. The van der Waals surface area contributed by atoms with Gasteiger partial charge in [-0.25, -0.2) is 4.18 Å². The van der Waals surface area contributed by atoms with Crippen molar-refractivity contribution in [2.75, 3.05) is 26.4 Å². The number of unbranched alkanes of at least 4 members (excludes halogenated alkanes) is 28. The Kier molecular flexibility index (Phi) is 42.1. The van der Waals surface area contributed by atoms with Crippen molar-refractivity contribution in [1.29, 1.82) is 0 Å². The van der Waals surface area contributed by atoms with Crippen molar-refractivity contribution in [3.05, 3.63) is 36.5 Å². The molecule has 66 heavy (non-hydrogen) atoms. The third kappa shape index (κ3) is 37.2. The summed E-state index contributed by atoms with van der Waals surface area (Å²) in [5.74, 6) is -0.405. The van der Waals surface area contributed by atoms with E-state index in [2.05, 4.69) is 54.5 Å². The van der Waals surface area contributed by atoms with E-state index in [1.165, 1.54) is 154 Å². The molecule has 0 spiro atoms. The van der Waals surface area contributed by atoms with Gasteiger partial charge in [0.1, 0.15) is 30.5 Å². The van der Waals surface area contributed by atoms with Crippen LogP contribution in [0, 0.1) is 0 Å². The second-order valence-corrected chi connectivity index (χ2v) is 19.5. The van der Waals surface area contributed by atoms with Crippen molar-refractivity contribution in [2.45, 2.75) is 269 Å². The summed E-state index contributed by atoms with van der Waals surface area (Å²) in [6.45, 7) is 3.98. The standard InChI is InChI=1S/C53H98O12S/c1-3-5-7-9-11-13-15-17-19-21-22-23-24-25-27-29-31-33-35-37-39-41-43-61-45-47(46-62-53-51(57)52(65-66(58,59)60)50(56)48(44-54)64-53)63-49(55)42-40-38-36-34-32-30-28-26-20-18-16-14-12-10-8-6-4-2/h12,14,18,20-22,47-48,50-54,56-57H,3-11,13,15-17,19,23-46H2,1-2H3,(H,58,59,60)/b14-12-,20-18-,22-21-. The minimum absolute atomic E-state index is 0.0333. The second kappa shape index (κ2) is 44.5. The molecule has 0 aliphatic carbocycles. The normalized spacial score (nSPS) is 19.8. The number of carbonyl (C=O) groups is 1. The SMILES string of the molecule is CCCCC/C=C\C/C=C\CCCCCCCCCC(=O)OC(COCCCCCCCCCCCC/C=C\CCCCCCCCCC)COC1OC(CO)C(O)C(OS(=O)(=O)O)C1O. The first kappa shape index (κ1) is 62.3. The van der Waals surface area contributed by atoms with Gasteiger partial charge in [0.2, 0.25) is 0 Å². The number of aliphatic hydroxyl groups is 3. The number of hydrogen-bond donors (Lipinski definition) is 4. The zero-order valence-corrected chi connectivity index (χ0v) is 42.6. The van der Waals surface area contributed by atoms with Crippen LogP contribution >= 0.6 is 0 Å². The first-order valence-electron chi connectivity index (χ1n) is 26.7. The highest BCUT2D eigenvalue weighted by Crippen LogP contribution is 2.26. The fraction of sp³-hybridized carbons (Fsp3) is 0.868. The zero-order chi connectivity index (χ0) is 48.2. The number of ether oxygens (including phenoxy) is 4. The Morgan fingerprint density at radius 2 is 1.00 bits per heavy atom. The van der Waals surface area contributed by atoms with Crippen LogP contribution in [0.3, 0.4) is 0 Å². The molecule has 0 aromatic rings. The van der Waals surface area contributed by atoms with E-state index >= 15 is 0 Å². The molecule has 1 rings (SSSR count). The number of carbonyl (C=O) groups excluding carboxylic acids is 1. The Morgan fingerprint density at radius 1 is 0.576 bits per heavy atom. The first-order valence-corrected chi connectivity index (χ1v) is 28.1. The number of esters is 1. The van der Waals surface area contributed by atoms with Crippen LogP contribution in [0.5, 0.6) is 0 Å². The monoisotopic (exact) mass is 959 g/mol. The van der Waals surface area contributed by atoms with Crippen LogP contribution in [-0.4, -0.2) is 97.5 Å². The van der Waals surface area contributed by atoms with Crippen molar-refractivity contribution in [3.8, 4) is 0 Å². The van der Waals surface area contributed by atoms with Gasteiger partial charge in [-0.2, -0.15) is 8.42 Å². The minimum atomic E-state index is -5.07. The second-order valence-electron chi connectivity index (χ2n) is 18.5. The van der Waals surface area contributed by atoms with Crippen molar-refractivity contribution < 1.29 is 56.2 Å². The largest absolute Gasteiger partial charge is 0.457 e. The van der Waals surface area contributed by atoms with Crippen LogP contribution in [0.2, 0.25) is 0 Å². The number of hydrogen-bond acceptors (Lipinski definition) is 11. The lowest BCUT2D eigenvalue weighted by molar-refractivity contribution is -0.301. The van der Waals surface area contributed by atoms with Gasteiger partial charge in [-0.3, -0.25) is 9.35 Å². The average Bonchev–Trinajstić information content (AvgIpc) is 3.29. The van der Waals surface area contributed by atoms with Gasteiger partial charge in [0, 0.05) is 13.0 Å². The molecule has 0 aromatic heterocycles. The lowest BCUT2D eigenvalue weighted by Gasteiger charge is -2.41. The third-order valence-electron chi connectivity index (χ3n) is 12.2. The number of aliphatic hydroxyl groups excluding tert-OH is 3. The molecule has 1 fully saturated rings. The van der Waals surface area contributed by atoms with Gasteiger partial charge in [0.05, 0.1) is 19.8 Å². The van der Waals surface area contributed by atoms with E-state index in [-0.39, 0.29) is 19.6 Å². The summed E-state index contributed by atoms with van der Waals surface area (Å²) in [5.41, 5.74) is 0. The van der Waals surface area contributed by atoms with Crippen molar-refractivity contribution in [2.24, 2.45) is 0 Å². The number of rotatable bonds is 47. The maximum Gasteiger partial charge on any atom is 0.397 e. The predicted molar refractivity (Wildman–Crippen MR) is 267 cm³/mol. The Balaban J connectivity index is 2.33. The van der Waals surface area contributed by atoms with Gasteiger partial charge < -0.3 is 34.3 Å². The average molecular weight is 959 g/mol. The van der Waals surface area contributed by atoms with E-state index < -0.39 is 59.8 Å². The quantitative estimate of drug-likeness (QED) is 0.0197. The van der Waals surface area contributed by atoms with Crippen LogP contribution in [0.25, 0.3) is 0 Å². The molecule has 6 atom stereocenters. The molecule has 1 heterocycles. The maximum absolute atomic E-state index is 12.9. The molecule has 0 amide bonds. The summed E-state index contributed by atoms with van der Waals surface area (Å²) >= 11 is 0. The van der Waals surface area contributed by atoms with Gasteiger partial charge >= 0.3 is 16.4 Å². The molecule has 4 N–H and O–H groups in total. The summed E-state index contributed by atoms with van der Waals surface area (Å²) in [7, 11) is -5.07. The Morgan fingerprint density at radius 3 is 1.48 bits per heavy atom. The summed E-state index contributed by atoms with van der Waals surface area (Å²) in [6.07, 6.45) is 44.6. The maximum atomic E-state index is 12.9. The topological polar surface area (TPSA) is 178 Å². The summed E-state index contributed by atoms with van der Waals surface area (Å²) < 4.78 is 59.3. The molecule has 0 bridgehead atoms. The first-order chi connectivity index (χ1) is 32.1. The molecule has 12 nitrogen and oxygen atoms in total. The smallest absolute Gasteiger partial charge is 0.397 e. The highest BCUT2D eigenvalue weighted by atomic mass is 32.3. The van der Waals surface area contributed by atoms with Gasteiger partial charge in [0.25, 0.3) is 0 Å². The molecule has 388 valence electrons. The molecule has 1 aliphatic heterocycles. The van der Waals surface area contributed by atoms with E-state index in [4.69, 9.17) is 18.9 Å². The van der Waals surface area contributed by atoms with Crippen molar-refractivity contribution in [1.82, 2.24) is 0 Å². The Bertz CT molecular complexity index is 1290. The van der Waals surface area contributed by atoms with E-state index in [0.29, 0.717) is 13.0 Å². The van der Waals surface area contributed by atoms with Crippen LogP contribution in [0.15, 0.2) is 36.5 Å². The van der Waals surface area contributed by atoms with E-state index in [1.807, 2.05) is 0 Å². The molecule has 13 heteroatoms. The zero-order valence-electron chi connectivity index (χ0n) is 41.8. The Labute approximate surface area is 403 Å². The lowest BCUT2D eigenvalue weighted by atomic mass is 9.99. The number of allylic oxidation sites excluding steroid dienone is 6. The lowest BCUT2D eigenvalue weighted by Crippen LogP contribution is -2.60. The van der Waals surface area contributed by atoms with Crippen molar-refractivity contribution in [3.63, 3.8) is 0 Å². The van der Waals surface area contributed by atoms with Gasteiger partial charge in [-0.15, -0.1) is 0 Å². The van der Waals surface area contributed by atoms with Crippen LogP contribution < -0.4 is 0 Å². The predicted octanol–water partition coefficient (Wildman–Crippen LogP) is 12.5. The van der Waals surface area contributed by atoms with Gasteiger partial charge in [-0.05, 0) is 70.6 Å². The van der Waals surface area contributed by atoms with E-state index in [1.54, 1.807) is 0 Å². The molecule has 0 aromatic carbocycles. The van der Waals surface area contributed by atoms with Crippen LogP contribution in [0.1, 0.15) is 232 Å². The van der Waals surface area contributed by atoms with Crippen LogP contribution in [0.4, 0.5) is 0 Å². The highest BCUT2D eigenvalue weighted by Gasteiger charge is 2.48. The molecular formula is C53H98O12S. The molecule has 0 saturated carbocycles. The summed E-state index contributed by atoms with van der Waals surface area (Å²) in [4.78, 5) is 12.9. The van der Waals surface area contributed by atoms with Gasteiger partial charge in [0.15, 0.2) is 6.29 Å². The van der Waals surface area contributed by atoms with Gasteiger partial charge in [-0.1, -0.05) is 192 Å². The molecule has 1 aliphatic rings. The van der Waals surface area contributed by atoms with E-state index in [0.717, 1.165) is 51.4 Å². The van der Waals surface area contributed by atoms with Crippen molar-refractivity contribution >= 4 is 16.4 Å². The fourth-order valence-electron chi connectivity index (χ4n) is 8.17. The molecule has 6 unspecified atom stereocenters.